The van der Waals surface area contributed by atoms with Crippen LogP contribution in [0.4, 0.5) is 0 Å². The van der Waals surface area contributed by atoms with Crippen molar-refractivity contribution in [1.82, 2.24) is 0 Å². The number of fused-ring (bicyclic) bond motifs is 5. The lowest BCUT2D eigenvalue weighted by Gasteiger charge is -2.54. The Balaban J connectivity index is 1.25. The van der Waals surface area contributed by atoms with Gasteiger partial charge >= 0.3 is 0 Å². The van der Waals surface area contributed by atoms with E-state index in [0.717, 1.165) is 50.9 Å². The lowest BCUT2D eigenvalue weighted by molar-refractivity contribution is -0.0389. The van der Waals surface area contributed by atoms with Crippen molar-refractivity contribution in [2.75, 3.05) is 0 Å². The molecule has 0 aliphatic heterocycles. The van der Waals surface area contributed by atoms with E-state index in [1.165, 1.54) is 24.8 Å². The lowest BCUT2D eigenvalue weighted by atomic mass is 9.51. The summed E-state index contributed by atoms with van der Waals surface area (Å²) >= 11 is 0. The molecule has 6 rings (SSSR count). The Labute approximate surface area is 243 Å². The molecule has 0 radical (unpaired) electrons. The molecule has 0 saturated heterocycles. The van der Waals surface area contributed by atoms with Crippen LogP contribution in [0.3, 0.4) is 0 Å². The first-order valence-corrected chi connectivity index (χ1v) is 17.8. The summed E-state index contributed by atoms with van der Waals surface area (Å²) in [6.45, 7) is 7.01. The zero-order valence-corrected chi connectivity index (χ0v) is 25.8. The third-order valence-corrected chi connectivity index (χ3v) is 15.0. The third kappa shape index (κ3) is 5.26. The molecule has 4 nitrogen and oxygen atoms in total. The smallest absolute Gasteiger partial charge is 0.181 e. The van der Waals surface area contributed by atoms with Gasteiger partial charge in [-0.15, -0.1) is 0 Å². The summed E-state index contributed by atoms with van der Waals surface area (Å²) in [5.74, 6) is 3.12. The van der Waals surface area contributed by atoms with E-state index in [0.29, 0.717) is 54.3 Å². The number of allylic oxidation sites excluding steroid dienone is 1. The van der Waals surface area contributed by atoms with Crippen LogP contribution in [-0.2, 0) is 9.84 Å². The fourth-order valence-corrected chi connectivity index (χ4v) is 12.1. The van der Waals surface area contributed by atoms with Gasteiger partial charge in [-0.1, -0.05) is 50.6 Å². The SMILES string of the molecule is CC1(C)CCC(O)(CC(C[C@H]2CCC3C4CC=C5CC(O)CC[C@@H]5C4CCC32C)S(=O)(=O)c2ccccc2)CC1. The molecule has 0 spiro atoms. The molecule has 5 aliphatic carbocycles. The second-order valence-corrected chi connectivity index (χ2v) is 17.8. The first-order chi connectivity index (χ1) is 18.9. The molecule has 222 valence electrons. The highest BCUT2D eigenvalue weighted by molar-refractivity contribution is 7.92. The maximum Gasteiger partial charge on any atom is 0.181 e. The van der Waals surface area contributed by atoms with E-state index in [2.05, 4.69) is 26.8 Å². The van der Waals surface area contributed by atoms with Gasteiger partial charge in [-0.05, 0) is 142 Å². The number of aliphatic hydroxyl groups is 2. The first-order valence-electron chi connectivity index (χ1n) is 16.3. The van der Waals surface area contributed by atoms with Gasteiger partial charge in [-0.25, -0.2) is 8.42 Å². The van der Waals surface area contributed by atoms with Crippen LogP contribution in [0, 0.1) is 40.4 Å². The minimum absolute atomic E-state index is 0.155. The molecule has 6 unspecified atom stereocenters. The highest BCUT2D eigenvalue weighted by atomic mass is 32.2. The molecule has 0 amide bonds. The van der Waals surface area contributed by atoms with Gasteiger partial charge in [-0.3, -0.25) is 0 Å². The van der Waals surface area contributed by atoms with Gasteiger partial charge in [0.1, 0.15) is 0 Å². The largest absolute Gasteiger partial charge is 0.393 e. The molecule has 1 aromatic rings. The van der Waals surface area contributed by atoms with Crippen molar-refractivity contribution in [2.24, 2.45) is 40.4 Å². The highest BCUT2D eigenvalue weighted by Gasteiger charge is 2.56. The van der Waals surface area contributed by atoms with Crippen LogP contribution in [0.1, 0.15) is 111 Å². The zero-order chi connectivity index (χ0) is 28.3. The van der Waals surface area contributed by atoms with Crippen molar-refractivity contribution in [2.45, 2.75) is 133 Å². The molecule has 0 bridgehead atoms. The topological polar surface area (TPSA) is 74.6 Å². The Kier molecular flexibility index (Phi) is 7.61. The molecule has 1 aromatic carbocycles. The van der Waals surface area contributed by atoms with Crippen molar-refractivity contribution in [1.29, 1.82) is 0 Å². The predicted molar refractivity (Wildman–Crippen MR) is 160 cm³/mol. The minimum atomic E-state index is -3.56. The minimum Gasteiger partial charge on any atom is -0.393 e. The van der Waals surface area contributed by atoms with Crippen molar-refractivity contribution in [3.8, 4) is 0 Å². The molecule has 8 atom stereocenters. The number of benzene rings is 1. The molecule has 4 fully saturated rings. The molecule has 0 heterocycles. The van der Waals surface area contributed by atoms with Gasteiger partial charge in [0.15, 0.2) is 9.84 Å². The zero-order valence-electron chi connectivity index (χ0n) is 25.0. The van der Waals surface area contributed by atoms with Gasteiger partial charge in [0.25, 0.3) is 0 Å². The first kappa shape index (κ1) is 28.9. The summed E-state index contributed by atoms with van der Waals surface area (Å²) in [6, 6.07) is 9.01. The Morgan fingerprint density at radius 2 is 1.62 bits per heavy atom. The van der Waals surface area contributed by atoms with Gasteiger partial charge in [-0.2, -0.15) is 0 Å². The van der Waals surface area contributed by atoms with Crippen molar-refractivity contribution >= 4 is 9.84 Å². The van der Waals surface area contributed by atoms with Crippen molar-refractivity contribution < 1.29 is 18.6 Å². The Bertz CT molecular complexity index is 1190. The summed E-state index contributed by atoms with van der Waals surface area (Å²) in [7, 11) is -3.56. The average Bonchev–Trinajstić information content (AvgIpc) is 3.26. The number of sulfone groups is 1. The fraction of sp³-hybridized carbons (Fsp3) is 0.771. The molecular formula is C35H52O4S. The summed E-state index contributed by atoms with van der Waals surface area (Å²) in [5.41, 5.74) is 1.02. The van der Waals surface area contributed by atoms with Crippen LogP contribution < -0.4 is 0 Å². The standard InChI is InChI=1S/C35H52O4S/c1-33(2)17-19-35(37,20-18-33)23-28(40(38,39)27-7-5-4-6-8-27)22-25-10-14-32-31-12-9-24-21-26(36)11-13-29(24)30(31)15-16-34(25,32)3/h4-9,25-26,28-32,36-37H,10-23H2,1-3H3/t25-,26?,28?,29+,30?,31?,32?,34?/m1/s1. The van der Waals surface area contributed by atoms with E-state index < -0.39 is 20.7 Å². The van der Waals surface area contributed by atoms with E-state index in [1.807, 2.05) is 18.2 Å². The summed E-state index contributed by atoms with van der Waals surface area (Å²) < 4.78 is 28.4. The van der Waals surface area contributed by atoms with E-state index in [1.54, 1.807) is 12.1 Å². The third-order valence-electron chi connectivity index (χ3n) is 12.8. The van der Waals surface area contributed by atoms with Crippen LogP contribution in [-0.4, -0.2) is 35.6 Å². The Hall–Kier alpha value is -1.17. The Morgan fingerprint density at radius 3 is 2.35 bits per heavy atom. The van der Waals surface area contributed by atoms with Gasteiger partial charge < -0.3 is 10.2 Å². The molecule has 4 saturated carbocycles. The molecule has 40 heavy (non-hydrogen) atoms. The van der Waals surface area contributed by atoms with Gasteiger partial charge in [0, 0.05) is 0 Å². The van der Waals surface area contributed by atoms with Gasteiger partial charge in [0.2, 0.25) is 0 Å². The van der Waals surface area contributed by atoms with E-state index in [-0.39, 0.29) is 16.9 Å². The molecule has 5 heteroatoms. The molecule has 2 N–H and O–H groups in total. The van der Waals surface area contributed by atoms with Crippen LogP contribution in [0.2, 0.25) is 0 Å². The summed E-state index contributed by atoms with van der Waals surface area (Å²) in [5, 5.41) is 21.5. The normalized spacial score (nSPS) is 39.4. The van der Waals surface area contributed by atoms with E-state index >= 15 is 0 Å². The molecule has 5 aliphatic rings. The fourth-order valence-electron chi connectivity index (χ4n) is 10.2. The van der Waals surface area contributed by atoms with Gasteiger partial charge in [0.05, 0.1) is 21.9 Å². The van der Waals surface area contributed by atoms with Crippen LogP contribution in [0.15, 0.2) is 46.9 Å². The Morgan fingerprint density at radius 1 is 0.900 bits per heavy atom. The maximum absolute atomic E-state index is 14.2. The van der Waals surface area contributed by atoms with Crippen LogP contribution >= 0.6 is 0 Å². The number of hydrogen-bond donors (Lipinski definition) is 2. The predicted octanol–water partition coefficient (Wildman–Crippen LogP) is 7.49. The van der Waals surface area contributed by atoms with E-state index in [4.69, 9.17) is 0 Å². The monoisotopic (exact) mass is 568 g/mol. The highest BCUT2D eigenvalue weighted by Crippen LogP contribution is 2.64. The second-order valence-electron chi connectivity index (χ2n) is 15.6. The van der Waals surface area contributed by atoms with Crippen LogP contribution in [0.5, 0.6) is 0 Å². The molecule has 0 aromatic heterocycles. The average molecular weight is 569 g/mol. The van der Waals surface area contributed by atoms with Crippen molar-refractivity contribution in [3.05, 3.63) is 42.0 Å². The number of aliphatic hydroxyl groups excluding tert-OH is 1. The summed E-state index contributed by atoms with van der Waals surface area (Å²) in [4.78, 5) is 0.410. The number of rotatable bonds is 6. The van der Waals surface area contributed by atoms with Crippen molar-refractivity contribution in [3.63, 3.8) is 0 Å². The molecular weight excluding hydrogens is 516 g/mol. The van der Waals surface area contributed by atoms with Crippen LogP contribution in [0.25, 0.3) is 0 Å². The number of hydrogen-bond acceptors (Lipinski definition) is 4. The second kappa shape index (κ2) is 10.5. The maximum atomic E-state index is 14.2. The van der Waals surface area contributed by atoms with E-state index in [9.17, 15) is 18.6 Å². The summed E-state index contributed by atoms with van der Waals surface area (Å²) in [6.07, 6.45) is 15.5. The quantitative estimate of drug-likeness (QED) is 0.349. The lowest BCUT2D eigenvalue weighted by Crippen LogP contribution is -2.47.